The van der Waals surface area contributed by atoms with Crippen LogP contribution in [0.1, 0.15) is 18.9 Å². The van der Waals surface area contributed by atoms with E-state index in [2.05, 4.69) is 5.32 Å². The van der Waals surface area contributed by atoms with Crippen LogP contribution in [0.2, 0.25) is 0 Å². The first-order valence-corrected chi connectivity index (χ1v) is 5.90. The third-order valence-electron chi connectivity index (χ3n) is 2.56. The molecular formula is C13H20FNO2. The van der Waals surface area contributed by atoms with Crippen LogP contribution in [-0.2, 0) is 0 Å². The zero-order chi connectivity index (χ0) is 12.7. The van der Waals surface area contributed by atoms with Crippen molar-refractivity contribution in [1.82, 2.24) is 5.32 Å². The highest BCUT2D eigenvalue weighted by molar-refractivity contribution is 5.27. The van der Waals surface area contributed by atoms with Crippen molar-refractivity contribution < 1.29 is 14.2 Å². The summed E-state index contributed by atoms with van der Waals surface area (Å²) in [6.45, 7) is 5.07. The van der Waals surface area contributed by atoms with Gasteiger partial charge in [-0.25, -0.2) is 4.39 Å². The summed E-state index contributed by atoms with van der Waals surface area (Å²) in [4.78, 5) is 0. The summed E-state index contributed by atoms with van der Waals surface area (Å²) in [5.74, 6) is 0.263. The standard InChI is InChI=1S/C13H20FNO2/c1-3-15-11(6-7-16)9-17-12-5-4-10(2)13(14)8-12/h4-5,8,11,15-16H,3,6-7,9H2,1-2H3. The van der Waals surface area contributed by atoms with Crippen LogP contribution >= 0.6 is 0 Å². The van der Waals surface area contributed by atoms with Crippen LogP contribution in [0.15, 0.2) is 18.2 Å². The van der Waals surface area contributed by atoms with Gasteiger partial charge in [0.2, 0.25) is 0 Å². The van der Waals surface area contributed by atoms with Crippen molar-refractivity contribution in [2.45, 2.75) is 26.3 Å². The Hall–Kier alpha value is -1.13. The quantitative estimate of drug-likeness (QED) is 0.765. The van der Waals surface area contributed by atoms with Gasteiger partial charge in [0.1, 0.15) is 18.2 Å². The fourth-order valence-electron chi connectivity index (χ4n) is 1.55. The average Bonchev–Trinajstić information content (AvgIpc) is 2.31. The van der Waals surface area contributed by atoms with E-state index >= 15 is 0 Å². The van der Waals surface area contributed by atoms with E-state index in [0.29, 0.717) is 24.3 Å². The predicted molar refractivity (Wildman–Crippen MR) is 65.8 cm³/mol. The van der Waals surface area contributed by atoms with E-state index in [1.54, 1.807) is 19.1 Å². The van der Waals surface area contributed by atoms with Crippen LogP contribution in [0.3, 0.4) is 0 Å². The number of hydrogen-bond acceptors (Lipinski definition) is 3. The molecule has 0 aliphatic rings. The molecule has 0 aliphatic carbocycles. The fourth-order valence-corrected chi connectivity index (χ4v) is 1.55. The molecule has 0 radical (unpaired) electrons. The number of likely N-dealkylation sites (N-methyl/N-ethyl adjacent to an activating group) is 1. The predicted octanol–water partition coefficient (Wildman–Crippen LogP) is 1.87. The largest absolute Gasteiger partial charge is 0.492 e. The molecule has 1 rings (SSSR count). The monoisotopic (exact) mass is 241 g/mol. The molecule has 1 aromatic carbocycles. The number of nitrogens with one attached hydrogen (secondary N) is 1. The van der Waals surface area contributed by atoms with Gasteiger partial charge >= 0.3 is 0 Å². The van der Waals surface area contributed by atoms with Crippen LogP contribution in [0.5, 0.6) is 5.75 Å². The highest BCUT2D eigenvalue weighted by Crippen LogP contribution is 2.16. The van der Waals surface area contributed by atoms with Crippen molar-refractivity contribution in [1.29, 1.82) is 0 Å². The maximum atomic E-state index is 13.3. The van der Waals surface area contributed by atoms with Crippen LogP contribution in [0.4, 0.5) is 4.39 Å². The molecule has 0 aliphatic heterocycles. The summed E-state index contributed by atoms with van der Waals surface area (Å²) in [6, 6.07) is 4.92. The number of ether oxygens (including phenoxy) is 1. The molecule has 17 heavy (non-hydrogen) atoms. The molecule has 0 fully saturated rings. The van der Waals surface area contributed by atoms with E-state index in [0.717, 1.165) is 6.54 Å². The lowest BCUT2D eigenvalue weighted by atomic mass is 10.2. The van der Waals surface area contributed by atoms with Crippen molar-refractivity contribution in [2.75, 3.05) is 19.8 Å². The van der Waals surface area contributed by atoms with Gasteiger partial charge in [0.05, 0.1) is 0 Å². The molecule has 0 bridgehead atoms. The molecule has 2 N–H and O–H groups in total. The first kappa shape index (κ1) is 13.9. The summed E-state index contributed by atoms with van der Waals surface area (Å²) >= 11 is 0. The lowest BCUT2D eigenvalue weighted by molar-refractivity contribution is 0.214. The Balaban J connectivity index is 2.49. The van der Waals surface area contributed by atoms with E-state index in [9.17, 15) is 4.39 Å². The van der Waals surface area contributed by atoms with Gasteiger partial charge in [-0.3, -0.25) is 0 Å². The smallest absolute Gasteiger partial charge is 0.129 e. The van der Waals surface area contributed by atoms with Crippen molar-refractivity contribution in [3.63, 3.8) is 0 Å². The molecule has 3 nitrogen and oxygen atoms in total. The number of benzene rings is 1. The SMILES string of the molecule is CCNC(CCO)COc1ccc(C)c(F)c1. The first-order chi connectivity index (χ1) is 8.17. The molecule has 0 heterocycles. The lowest BCUT2D eigenvalue weighted by Gasteiger charge is -2.17. The number of hydrogen-bond donors (Lipinski definition) is 2. The van der Waals surface area contributed by atoms with Crippen LogP contribution in [0.25, 0.3) is 0 Å². The molecule has 0 saturated carbocycles. The first-order valence-electron chi connectivity index (χ1n) is 5.90. The molecule has 0 saturated heterocycles. The maximum Gasteiger partial charge on any atom is 0.129 e. The van der Waals surface area contributed by atoms with E-state index < -0.39 is 0 Å². The summed E-state index contributed by atoms with van der Waals surface area (Å²) < 4.78 is 18.8. The zero-order valence-electron chi connectivity index (χ0n) is 10.4. The second-order valence-electron chi connectivity index (χ2n) is 3.99. The van der Waals surface area contributed by atoms with Gasteiger partial charge in [-0.05, 0) is 31.5 Å². The van der Waals surface area contributed by atoms with Gasteiger partial charge in [0.25, 0.3) is 0 Å². The Morgan fingerprint density at radius 3 is 2.82 bits per heavy atom. The number of rotatable bonds is 7. The molecule has 0 spiro atoms. The lowest BCUT2D eigenvalue weighted by Crippen LogP contribution is -2.35. The summed E-state index contributed by atoms with van der Waals surface area (Å²) in [6.07, 6.45) is 0.627. The Kier molecular flexibility index (Phi) is 5.94. The molecule has 96 valence electrons. The minimum atomic E-state index is -0.260. The molecule has 1 atom stereocenters. The van der Waals surface area contributed by atoms with Crippen molar-refractivity contribution in [3.8, 4) is 5.75 Å². The molecule has 4 heteroatoms. The second kappa shape index (κ2) is 7.25. The van der Waals surface area contributed by atoms with Gasteiger partial charge in [-0.2, -0.15) is 0 Å². The van der Waals surface area contributed by atoms with Crippen molar-refractivity contribution >= 4 is 0 Å². The fraction of sp³-hybridized carbons (Fsp3) is 0.538. The normalized spacial score (nSPS) is 12.5. The van der Waals surface area contributed by atoms with Crippen molar-refractivity contribution in [3.05, 3.63) is 29.6 Å². The number of halogens is 1. The van der Waals surface area contributed by atoms with E-state index in [1.165, 1.54) is 6.07 Å². The molecule has 0 amide bonds. The summed E-state index contributed by atoms with van der Waals surface area (Å²) in [5.41, 5.74) is 0.607. The van der Waals surface area contributed by atoms with E-state index in [1.807, 2.05) is 6.92 Å². The average molecular weight is 241 g/mol. The highest BCUT2D eigenvalue weighted by Gasteiger charge is 2.08. The van der Waals surface area contributed by atoms with Gasteiger partial charge in [-0.1, -0.05) is 13.0 Å². The van der Waals surface area contributed by atoms with Crippen LogP contribution in [0, 0.1) is 12.7 Å². The van der Waals surface area contributed by atoms with Gasteiger partial charge in [-0.15, -0.1) is 0 Å². The summed E-state index contributed by atoms with van der Waals surface area (Å²) in [7, 11) is 0. The van der Waals surface area contributed by atoms with Crippen LogP contribution in [-0.4, -0.2) is 30.9 Å². The number of aliphatic hydroxyl groups is 1. The van der Waals surface area contributed by atoms with E-state index in [4.69, 9.17) is 9.84 Å². The number of aryl methyl sites for hydroxylation is 1. The van der Waals surface area contributed by atoms with Crippen LogP contribution < -0.4 is 10.1 Å². The molecular weight excluding hydrogens is 221 g/mol. The Bertz CT molecular complexity index is 338. The van der Waals surface area contributed by atoms with Gasteiger partial charge < -0.3 is 15.2 Å². The Morgan fingerprint density at radius 1 is 1.47 bits per heavy atom. The number of aliphatic hydroxyl groups excluding tert-OH is 1. The maximum absolute atomic E-state index is 13.3. The van der Waals surface area contributed by atoms with E-state index in [-0.39, 0.29) is 18.5 Å². The van der Waals surface area contributed by atoms with Gasteiger partial charge in [0.15, 0.2) is 0 Å². The third kappa shape index (κ3) is 4.71. The molecule has 1 unspecified atom stereocenters. The Labute approximate surface area is 102 Å². The second-order valence-corrected chi connectivity index (χ2v) is 3.99. The Morgan fingerprint density at radius 2 is 2.24 bits per heavy atom. The van der Waals surface area contributed by atoms with Crippen molar-refractivity contribution in [2.24, 2.45) is 0 Å². The molecule has 1 aromatic rings. The molecule has 0 aromatic heterocycles. The topological polar surface area (TPSA) is 41.5 Å². The minimum Gasteiger partial charge on any atom is -0.492 e. The summed E-state index contributed by atoms with van der Waals surface area (Å²) in [5, 5.41) is 12.1. The minimum absolute atomic E-state index is 0.0920. The highest BCUT2D eigenvalue weighted by atomic mass is 19.1. The zero-order valence-corrected chi connectivity index (χ0v) is 10.4. The van der Waals surface area contributed by atoms with Gasteiger partial charge in [0, 0.05) is 18.7 Å². The third-order valence-corrected chi connectivity index (χ3v) is 2.56.